The molecule has 1 aliphatic rings. The van der Waals surface area contributed by atoms with Crippen molar-refractivity contribution in [2.45, 2.75) is 6.42 Å². The summed E-state index contributed by atoms with van der Waals surface area (Å²) in [7, 11) is 0. The minimum Gasteiger partial charge on any atom is -0.271 e. The van der Waals surface area contributed by atoms with Crippen LogP contribution in [0, 0.1) is 0 Å². The van der Waals surface area contributed by atoms with Crippen LogP contribution in [0.5, 0.6) is 0 Å². The molecule has 0 aromatic heterocycles. The molecule has 0 aliphatic heterocycles. The third-order valence-corrected chi connectivity index (χ3v) is 1.15. The summed E-state index contributed by atoms with van der Waals surface area (Å²) in [5.74, 6) is 5.08. The summed E-state index contributed by atoms with van der Waals surface area (Å²) in [6.45, 7) is 0.788. The van der Waals surface area contributed by atoms with Gasteiger partial charge in [-0.1, -0.05) is 18.2 Å². The first-order chi connectivity index (χ1) is 3.93. The molecule has 0 atom stereocenters. The standard InChI is InChI=1S/C6H10N2/c7-8-5-6-3-1-2-4-6/h1,3-4,8H,2,5,7H2. The first kappa shape index (κ1) is 5.54. The summed E-state index contributed by atoms with van der Waals surface area (Å²) < 4.78 is 0. The van der Waals surface area contributed by atoms with Gasteiger partial charge in [0, 0.05) is 6.54 Å². The first-order valence-corrected chi connectivity index (χ1v) is 2.72. The fourth-order valence-corrected chi connectivity index (χ4v) is 0.756. The highest BCUT2D eigenvalue weighted by Gasteiger charge is 1.92. The molecule has 0 unspecified atom stereocenters. The van der Waals surface area contributed by atoms with E-state index in [9.17, 15) is 0 Å². The molecular weight excluding hydrogens is 100 g/mol. The molecule has 0 saturated heterocycles. The van der Waals surface area contributed by atoms with E-state index in [0.717, 1.165) is 13.0 Å². The average molecular weight is 110 g/mol. The second-order valence-electron chi connectivity index (χ2n) is 1.80. The molecule has 1 aliphatic carbocycles. The highest BCUT2D eigenvalue weighted by atomic mass is 15.2. The van der Waals surface area contributed by atoms with E-state index in [2.05, 4.69) is 23.7 Å². The van der Waals surface area contributed by atoms with Crippen molar-refractivity contribution < 1.29 is 0 Å². The Morgan fingerprint density at radius 2 is 2.62 bits per heavy atom. The van der Waals surface area contributed by atoms with Gasteiger partial charge in [0.2, 0.25) is 0 Å². The molecule has 2 heteroatoms. The van der Waals surface area contributed by atoms with Crippen molar-refractivity contribution in [3.63, 3.8) is 0 Å². The van der Waals surface area contributed by atoms with Gasteiger partial charge in [-0.15, -0.1) is 0 Å². The number of nitrogens with one attached hydrogen (secondary N) is 1. The maximum Gasteiger partial charge on any atom is 0.0345 e. The number of allylic oxidation sites excluding steroid dienone is 2. The Morgan fingerprint density at radius 1 is 1.75 bits per heavy atom. The molecular formula is C6H10N2. The van der Waals surface area contributed by atoms with E-state index < -0.39 is 0 Å². The predicted octanol–water partition coefficient (Wildman–Crippen LogP) is 0.336. The highest BCUT2D eigenvalue weighted by molar-refractivity contribution is 5.26. The van der Waals surface area contributed by atoms with Gasteiger partial charge in [0.15, 0.2) is 0 Å². The fourth-order valence-electron chi connectivity index (χ4n) is 0.756. The second-order valence-corrected chi connectivity index (χ2v) is 1.80. The van der Waals surface area contributed by atoms with Crippen LogP contribution in [0.25, 0.3) is 0 Å². The molecule has 0 bridgehead atoms. The van der Waals surface area contributed by atoms with Gasteiger partial charge >= 0.3 is 0 Å². The van der Waals surface area contributed by atoms with E-state index in [1.807, 2.05) is 0 Å². The Hall–Kier alpha value is -0.600. The Labute approximate surface area is 49.0 Å². The van der Waals surface area contributed by atoms with E-state index >= 15 is 0 Å². The van der Waals surface area contributed by atoms with Crippen LogP contribution in [0.2, 0.25) is 0 Å². The van der Waals surface area contributed by atoms with Crippen molar-refractivity contribution in [3.8, 4) is 0 Å². The van der Waals surface area contributed by atoms with Crippen molar-refractivity contribution >= 4 is 0 Å². The van der Waals surface area contributed by atoms with Gasteiger partial charge in [-0.2, -0.15) is 0 Å². The molecule has 0 aromatic rings. The summed E-state index contributed by atoms with van der Waals surface area (Å²) in [6.07, 6.45) is 7.42. The molecule has 1 rings (SSSR count). The van der Waals surface area contributed by atoms with Crippen molar-refractivity contribution in [1.29, 1.82) is 0 Å². The second kappa shape index (κ2) is 2.64. The normalized spacial score (nSPS) is 16.9. The maximum absolute atomic E-state index is 5.08. The summed E-state index contributed by atoms with van der Waals surface area (Å²) >= 11 is 0. The highest BCUT2D eigenvalue weighted by Crippen LogP contribution is 2.05. The lowest BCUT2D eigenvalue weighted by Crippen LogP contribution is -2.23. The van der Waals surface area contributed by atoms with E-state index in [1.165, 1.54) is 5.57 Å². The van der Waals surface area contributed by atoms with Gasteiger partial charge in [0.1, 0.15) is 0 Å². The van der Waals surface area contributed by atoms with Crippen LogP contribution in [0.1, 0.15) is 6.42 Å². The number of nitrogens with two attached hydrogens (primary N) is 1. The molecule has 0 heterocycles. The van der Waals surface area contributed by atoms with E-state index in [1.54, 1.807) is 0 Å². The van der Waals surface area contributed by atoms with E-state index in [-0.39, 0.29) is 0 Å². The summed E-state index contributed by atoms with van der Waals surface area (Å²) in [4.78, 5) is 0. The van der Waals surface area contributed by atoms with Crippen LogP contribution >= 0.6 is 0 Å². The van der Waals surface area contributed by atoms with Crippen molar-refractivity contribution in [1.82, 2.24) is 5.43 Å². The Kier molecular flexibility index (Phi) is 1.83. The average Bonchev–Trinajstić information content (AvgIpc) is 2.19. The zero-order chi connectivity index (χ0) is 5.82. The molecule has 0 amide bonds. The van der Waals surface area contributed by atoms with Crippen LogP contribution in [-0.2, 0) is 0 Å². The van der Waals surface area contributed by atoms with E-state index in [0.29, 0.717) is 0 Å². The number of hydrogen-bond acceptors (Lipinski definition) is 2. The lowest BCUT2D eigenvalue weighted by molar-refractivity contribution is 0.807. The van der Waals surface area contributed by atoms with Gasteiger partial charge in [-0.3, -0.25) is 11.3 Å². The quantitative estimate of drug-likeness (QED) is 0.397. The van der Waals surface area contributed by atoms with Gasteiger partial charge in [-0.25, -0.2) is 0 Å². The van der Waals surface area contributed by atoms with Gasteiger partial charge in [0.25, 0.3) is 0 Å². The third-order valence-electron chi connectivity index (χ3n) is 1.15. The summed E-state index contributed by atoms with van der Waals surface area (Å²) in [5.41, 5.74) is 3.87. The van der Waals surface area contributed by atoms with Crippen LogP contribution in [0.15, 0.2) is 23.8 Å². The lowest BCUT2D eigenvalue weighted by Gasteiger charge is -1.93. The minimum absolute atomic E-state index is 0.788. The SMILES string of the molecule is NNCC1=CCC=C1. The molecule has 3 N–H and O–H groups in total. The van der Waals surface area contributed by atoms with Gasteiger partial charge in [0.05, 0.1) is 0 Å². The van der Waals surface area contributed by atoms with Crippen LogP contribution in [-0.4, -0.2) is 6.54 Å². The third kappa shape index (κ3) is 1.18. The maximum atomic E-state index is 5.08. The topological polar surface area (TPSA) is 38.0 Å². The van der Waals surface area contributed by atoms with Crippen LogP contribution in [0.4, 0.5) is 0 Å². The summed E-state index contributed by atoms with van der Waals surface area (Å²) in [5, 5.41) is 0. The molecule has 8 heavy (non-hydrogen) atoms. The predicted molar refractivity (Wildman–Crippen MR) is 34.0 cm³/mol. The molecule has 0 saturated carbocycles. The molecule has 0 spiro atoms. The van der Waals surface area contributed by atoms with Crippen LogP contribution < -0.4 is 11.3 Å². The zero-order valence-electron chi connectivity index (χ0n) is 4.72. The zero-order valence-corrected chi connectivity index (χ0v) is 4.72. The van der Waals surface area contributed by atoms with Crippen LogP contribution in [0.3, 0.4) is 0 Å². The largest absolute Gasteiger partial charge is 0.271 e. The number of hydrogen-bond donors (Lipinski definition) is 2. The Morgan fingerprint density at radius 3 is 3.12 bits per heavy atom. The van der Waals surface area contributed by atoms with Gasteiger partial charge < -0.3 is 0 Å². The van der Waals surface area contributed by atoms with Crippen molar-refractivity contribution in [3.05, 3.63) is 23.8 Å². The molecule has 44 valence electrons. The van der Waals surface area contributed by atoms with Crippen molar-refractivity contribution in [2.24, 2.45) is 5.84 Å². The number of hydrazine groups is 1. The Balaban J connectivity index is 2.34. The van der Waals surface area contributed by atoms with Crippen molar-refractivity contribution in [2.75, 3.05) is 6.54 Å². The monoisotopic (exact) mass is 110 g/mol. The Bertz CT molecular complexity index is 124. The molecule has 0 radical (unpaired) electrons. The first-order valence-electron chi connectivity index (χ1n) is 2.72. The van der Waals surface area contributed by atoms with Gasteiger partial charge in [-0.05, 0) is 12.0 Å². The number of rotatable bonds is 2. The lowest BCUT2D eigenvalue weighted by atomic mass is 10.3. The molecule has 2 nitrogen and oxygen atoms in total. The van der Waals surface area contributed by atoms with E-state index in [4.69, 9.17) is 5.84 Å². The molecule has 0 aromatic carbocycles. The summed E-state index contributed by atoms with van der Waals surface area (Å²) in [6, 6.07) is 0. The molecule has 0 fully saturated rings. The fraction of sp³-hybridized carbons (Fsp3) is 0.333. The minimum atomic E-state index is 0.788. The smallest absolute Gasteiger partial charge is 0.0345 e.